The number of rotatable bonds is 4. The molecular weight excluding hydrogens is 236 g/mol. The van der Waals surface area contributed by atoms with E-state index < -0.39 is 5.97 Å². The summed E-state index contributed by atoms with van der Waals surface area (Å²) in [5, 5.41) is 9.37. The van der Waals surface area contributed by atoms with Gasteiger partial charge in [-0.15, -0.1) is 0 Å². The van der Waals surface area contributed by atoms with Crippen LogP contribution in [0.5, 0.6) is 0 Å². The summed E-state index contributed by atoms with van der Waals surface area (Å²) in [6.45, 7) is 4.90. The number of carbonyl (C=O) groups is 1. The van der Waals surface area contributed by atoms with Crippen molar-refractivity contribution in [2.75, 3.05) is 51.3 Å². The van der Waals surface area contributed by atoms with E-state index >= 15 is 0 Å². The van der Waals surface area contributed by atoms with Gasteiger partial charge in [-0.1, -0.05) is 0 Å². The van der Waals surface area contributed by atoms with Crippen molar-refractivity contribution >= 4 is 17.7 Å². The average molecular weight is 258 g/mol. The first-order chi connectivity index (χ1) is 8.16. The zero-order valence-electron chi connectivity index (χ0n) is 10.5. The standard InChI is InChI=1S/C12H22N2O2S/c1-13-3-5-14(6-4-13)8-11(12(15)16)10-2-7-17-9-10/h10-11H,2-9H2,1H3,(H,15,16). The van der Waals surface area contributed by atoms with Crippen molar-refractivity contribution in [1.29, 1.82) is 0 Å². The van der Waals surface area contributed by atoms with E-state index in [9.17, 15) is 9.90 Å². The number of carboxylic acid groups (broad SMARTS) is 1. The minimum absolute atomic E-state index is 0.159. The molecule has 2 aliphatic rings. The molecule has 0 aromatic rings. The molecule has 5 heteroatoms. The molecule has 0 amide bonds. The Balaban J connectivity index is 1.86. The van der Waals surface area contributed by atoms with Crippen molar-refractivity contribution < 1.29 is 9.90 Å². The summed E-state index contributed by atoms with van der Waals surface area (Å²) in [5.74, 6) is 1.80. The Labute approximate surface area is 107 Å². The average Bonchev–Trinajstić information content (AvgIpc) is 2.81. The van der Waals surface area contributed by atoms with Gasteiger partial charge in [0.2, 0.25) is 0 Å². The molecule has 0 spiro atoms. The normalized spacial score (nSPS) is 29.4. The topological polar surface area (TPSA) is 43.8 Å². The van der Waals surface area contributed by atoms with Gasteiger partial charge in [0, 0.05) is 32.7 Å². The van der Waals surface area contributed by atoms with Crippen LogP contribution in [-0.2, 0) is 4.79 Å². The first-order valence-electron chi connectivity index (χ1n) is 6.38. The van der Waals surface area contributed by atoms with Crippen LogP contribution in [0.3, 0.4) is 0 Å². The van der Waals surface area contributed by atoms with E-state index in [1.165, 1.54) is 0 Å². The van der Waals surface area contributed by atoms with Gasteiger partial charge in [0.25, 0.3) is 0 Å². The van der Waals surface area contributed by atoms with Gasteiger partial charge in [-0.2, -0.15) is 11.8 Å². The van der Waals surface area contributed by atoms with Gasteiger partial charge < -0.3 is 10.0 Å². The van der Waals surface area contributed by atoms with Crippen molar-refractivity contribution in [2.45, 2.75) is 6.42 Å². The SMILES string of the molecule is CN1CCN(CC(C(=O)O)C2CCSC2)CC1. The number of aliphatic carboxylic acids is 1. The summed E-state index contributed by atoms with van der Waals surface area (Å²) < 4.78 is 0. The molecule has 0 bridgehead atoms. The van der Waals surface area contributed by atoms with Crippen LogP contribution in [0, 0.1) is 11.8 Å². The minimum Gasteiger partial charge on any atom is -0.481 e. The fourth-order valence-corrected chi connectivity index (χ4v) is 3.95. The highest BCUT2D eigenvalue weighted by molar-refractivity contribution is 7.99. The minimum atomic E-state index is -0.601. The lowest BCUT2D eigenvalue weighted by Crippen LogP contribution is -2.48. The molecular formula is C12H22N2O2S. The maximum Gasteiger partial charge on any atom is 0.308 e. The Morgan fingerprint density at radius 1 is 1.41 bits per heavy atom. The number of likely N-dealkylation sites (N-methyl/N-ethyl adjacent to an activating group) is 1. The van der Waals surface area contributed by atoms with Crippen LogP contribution in [0.2, 0.25) is 0 Å². The number of carboxylic acids is 1. The van der Waals surface area contributed by atoms with Gasteiger partial charge in [-0.05, 0) is 30.9 Å². The maximum absolute atomic E-state index is 11.4. The zero-order chi connectivity index (χ0) is 12.3. The van der Waals surface area contributed by atoms with Gasteiger partial charge in [0.05, 0.1) is 5.92 Å². The van der Waals surface area contributed by atoms with E-state index in [2.05, 4.69) is 16.8 Å². The second-order valence-electron chi connectivity index (χ2n) is 5.17. The third-order valence-electron chi connectivity index (χ3n) is 3.90. The number of hydrogen-bond acceptors (Lipinski definition) is 4. The molecule has 0 aromatic heterocycles. The first kappa shape index (κ1) is 13.2. The van der Waals surface area contributed by atoms with Gasteiger partial charge in [0.1, 0.15) is 0 Å². The van der Waals surface area contributed by atoms with Crippen molar-refractivity contribution in [3.8, 4) is 0 Å². The van der Waals surface area contributed by atoms with Crippen molar-refractivity contribution in [1.82, 2.24) is 9.80 Å². The largest absolute Gasteiger partial charge is 0.481 e. The maximum atomic E-state index is 11.4. The second kappa shape index (κ2) is 6.07. The lowest BCUT2D eigenvalue weighted by atomic mass is 9.91. The van der Waals surface area contributed by atoms with E-state index in [1.807, 2.05) is 11.8 Å². The van der Waals surface area contributed by atoms with E-state index in [0.29, 0.717) is 5.92 Å². The van der Waals surface area contributed by atoms with Crippen LogP contribution in [0.4, 0.5) is 0 Å². The summed E-state index contributed by atoms with van der Waals surface area (Å²) in [6, 6.07) is 0. The Morgan fingerprint density at radius 3 is 2.65 bits per heavy atom. The predicted molar refractivity (Wildman–Crippen MR) is 70.5 cm³/mol. The summed E-state index contributed by atoms with van der Waals surface area (Å²) in [7, 11) is 2.12. The van der Waals surface area contributed by atoms with Crippen LogP contribution in [0.25, 0.3) is 0 Å². The highest BCUT2D eigenvalue weighted by Gasteiger charge is 2.32. The quantitative estimate of drug-likeness (QED) is 0.803. The Hall–Kier alpha value is -0.260. The summed E-state index contributed by atoms with van der Waals surface area (Å²) in [5.41, 5.74) is 0. The fraction of sp³-hybridized carbons (Fsp3) is 0.917. The number of piperazine rings is 1. The molecule has 2 unspecified atom stereocenters. The number of hydrogen-bond donors (Lipinski definition) is 1. The van der Waals surface area contributed by atoms with Gasteiger partial charge in [0.15, 0.2) is 0 Å². The molecule has 1 N–H and O–H groups in total. The van der Waals surface area contributed by atoms with Crippen LogP contribution in [0.15, 0.2) is 0 Å². The molecule has 4 nitrogen and oxygen atoms in total. The Morgan fingerprint density at radius 2 is 2.12 bits per heavy atom. The van der Waals surface area contributed by atoms with E-state index in [0.717, 1.165) is 50.7 Å². The summed E-state index contributed by atoms with van der Waals surface area (Å²) in [6.07, 6.45) is 1.08. The lowest BCUT2D eigenvalue weighted by molar-refractivity contribution is -0.144. The lowest BCUT2D eigenvalue weighted by Gasteiger charge is -2.34. The molecule has 2 rings (SSSR count). The van der Waals surface area contributed by atoms with Crippen molar-refractivity contribution in [2.24, 2.45) is 11.8 Å². The molecule has 2 heterocycles. The smallest absolute Gasteiger partial charge is 0.308 e. The van der Waals surface area contributed by atoms with Gasteiger partial charge in [-0.3, -0.25) is 9.69 Å². The molecule has 0 aromatic carbocycles. The predicted octanol–water partition coefficient (Wildman–Crippen LogP) is 0.688. The number of thioether (sulfide) groups is 1. The van der Waals surface area contributed by atoms with E-state index in [-0.39, 0.29) is 5.92 Å². The fourth-order valence-electron chi connectivity index (χ4n) is 2.61. The third-order valence-corrected chi connectivity index (χ3v) is 5.09. The molecule has 2 fully saturated rings. The molecule has 2 saturated heterocycles. The first-order valence-corrected chi connectivity index (χ1v) is 7.53. The van der Waals surface area contributed by atoms with Crippen molar-refractivity contribution in [3.63, 3.8) is 0 Å². The van der Waals surface area contributed by atoms with E-state index in [4.69, 9.17) is 0 Å². The Bertz CT molecular complexity index is 261. The molecule has 2 atom stereocenters. The third kappa shape index (κ3) is 3.60. The summed E-state index contributed by atoms with van der Waals surface area (Å²) in [4.78, 5) is 16.0. The monoisotopic (exact) mass is 258 g/mol. The molecule has 98 valence electrons. The molecule has 0 aliphatic carbocycles. The van der Waals surface area contributed by atoms with Gasteiger partial charge >= 0.3 is 5.97 Å². The number of nitrogens with zero attached hydrogens (tertiary/aromatic N) is 2. The van der Waals surface area contributed by atoms with Crippen LogP contribution in [0.1, 0.15) is 6.42 Å². The second-order valence-corrected chi connectivity index (χ2v) is 6.32. The zero-order valence-corrected chi connectivity index (χ0v) is 11.3. The Kier molecular flexibility index (Phi) is 4.70. The van der Waals surface area contributed by atoms with Crippen LogP contribution < -0.4 is 0 Å². The van der Waals surface area contributed by atoms with Gasteiger partial charge in [-0.25, -0.2) is 0 Å². The molecule has 0 radical (unpaired) electrons. The van der Waals surface area contributed by atoms with Crippen molar-refractivity contribution in [3.05, 3.63) is 0 Å². The highest BCUT2D eigenvalue weighted by Crippen LogP contribution is 2.30. The van der Waals surface area contributed by atoms with Crippen LogP contribution >= 0.6 is 11.8 Å². The van der Waals surface area contributed by atoms with Crippen LogP contribution in [-0.4, -0.2) is 72.2 Å². The molecule has 0 saturated carbocycles. The van der Waals surface area contributed by atoms with E-state index in [1.54, 1.807) is 0 Å². The highest BCUT2D eigenvalue weighted by atomic mass is 32.2. The molecule has 17 heavy (non-hydrogen) atoms. The summed E-state index contributed by atoms with van der Waals surface area (Å²) >= 11 is 1.90. The molecule has 2 aliphatic heterocycles.